The average Bonchev–Trinajstić information content (AvgIpc) is 1.83. The molecule has 0 saturated carbocycles. The van der Waals surface area contributed by atoms with E-state index in [1.807, 2.05) is 13.8 Å². The molecule has 0 radical (unpaired) electrons. The molecular formula is C6H12N2. The standard InChI is InChI=1S/C6H12N2/c1-3-8-5-6(2)4-7/h6,8H,3,5H2,1-2H3/t6-/m1/s1. The van der Waals surface area contributed by atoms with E-state index < -0.39 is 0 Å². The maximum atomic E-state index is 8.27. The molecule has 8 heavy (non-hydrogen) atoms. The molecule has 0 aliphatic heterocycles. The number of nitrogens with zero attached hydrogens (tertiary/aromatic N) is 1. The summed E-state index contributed by atoms with van der Waals surface area (Å²) in [6, 6.07) is 2.14. The minimum Gasteiger partial charge on any atom is -0.316 e. The van der Waals surface area contributed by atoms with Crippen molar-refractivity contribution in [2.75, 3.05) is 13.1 Å². The van der Waals surface area contributed by atoms with Crippen LogP contribution in [0.15, 0.2) is 0 Å². The van der Waals surface area contributed by atoms with Gasteiger partial charge in [-0.05, 0) is 13.5 Å². The van der Waals surface area contributed by atoms with Crippen LogP contribution in [0.25, 0.3) is 0 Å². The van der Waals surface area contributed by atoms with E-state index in [-0.39, 0.29) is 5.92 Å². The summed E-state index contributed by atoms with van der Waals surface area (Å²) in [6.07, 6.45) is 0. The fourth-order valence-corrected chi connectivity index (χ4v) is 0.406. The zero-order chi connectivity index (χ0) is 6.41. The molecule has 0 bridgehead atoms. The molecule has 2 heteroatoms. The Morgan fingerprint density at radius 2 is 2.38 bits per heavy atom. The van der Waals surface area contributed by atoms with Gasteiger partial charge in [0, 0.05) is 6.54 Å². The molecule has 0 spiro atoms. The van der Waals surface area contributed by atoms with E-state index in [1.165, 1.54) is 0 Å². The Bertz CT molecular complexity index is 83.0. The summed E-state index contributed by atoms with van der Waals surface area (Å²) in [4.78, 5) is 0. The summed E-state index contributed by atoms with van der Waals surface area (Å²) in [7, 11) is 0. The maximum Gasteiger partial charge on any atom is 0.0666 e. The zero-order valence-corrected chi connectivity index (χ0v) is 5.44. The molecule has 0 fully saturated rings. The number of nitriles is 1. The van der Waals surface area contributed by atoms with Gasteiger partial charge in [0.05, 0.1) is 12.0 Å². The highest BCUT2D eigenvalue weighted by Gasteiger charge is 1.93. The van der Waals surface area contributed by atoms with Crippen LogP contribution in [0.4, 0.5) is 0 Å². The van der Waals surface area contributed by atoms with Crippen molar-refractivity contribution < 1.29 is 0 Å². The lowest BCUT2D eigenvalue weighted by Gasteiger charge is -1.99. The fourth-order valence-electron chi connectivity index (χ4n) is 0.406. The van der Waals surface area contributed by atoms with Crippen molar-refractivity contribution in [3.63, 3.8) is 0 Å². The first kappa shape index (κ1) is 7.45. The summed E-state index contributed by atoms with van der Waals surface area (Å²) < 4.78 is 0. The summed E-state index contributed by atoms with van der Waals surface area (Å²) in [5.41, 5.74) is 0. The monoisotopic (exact) mass is 112 g/mol. The van der Waals surface area contributed by atoms with Crippen LogP contribution in [0.2, 0.25) is 0 Å². The number of nitrogens with one attached hydrogen (secondary N) is 1. The summed E-state index contributed by atoms with van der Waals surface area (Å²) in [6.45, 7) is 5.70. The third-order valence-electron chi connectivity index (χ3n) is 0.921. The SMILES string of the molecule is CCNC[C@H](C)C#N. The van der Waals surface area contributed by atoms with Crippen LogP contribution in [0, 0.1) is 17.2 Å². The zero-order valence-electron chi connectivity index (χ0n) is 5.44. The maximum absolute atomic E-state index is 8.27. The van der Waals surface area contributed by atoms with Gasteiger partial charge in [0.15, 0.2) is 0 Å². The molecule has 0 amide bonds. The van der Waals surface area contributed by atoms with Crippen LogP contribution >= 0.6 is 0 Å². The number of hydrogen-bond donors (Lipinski definition) is 1. The van der Waals surface area contributed by atoms with Gasteiger partial charge in [-0.2, -0.15) is 5.26 Å². The first-order valence-corrected chi connectivity index (χ1v) is 2.91. The van der Waals surface area contributed by atoms with Crippen LogP contribution in [0.3, 0.4) is 0 Å². The molecular weight excluding hydrogens is 100 g/mol. The predicted octanol–water partition coefficient (Wildman–Crippen LogP) is 0.756. The second kappa shape index (κ2) is 4.61. The molecule has 2 nitrogen and oxygen atoms in total. The smallest absolute Gasteiger partial charge is 0.0666 e. The fraction of sp³-hybridized carbons (Fsp3) is 0.833. The average molecular weight is 112 g/mol. The minimum absolute atomic E-state index is 0.148. The molecule has 0 aliphatic carbocycles. The van der Waals surface area contributed by atoms with Gasteiger partial charge in [-0.3, -0.25) is 0 Å². The normalized spacial score (nSPS) is 12.6. The van der Waals surface area contributed by atoms with Crippen molar-refractivity contribution in [1.82, 2.24) is 5.32 Å². The van der Waals surface area contributed by atoms with Crippen molar-refractivity contribution in [2.45, 2.75) is 13.8 Å². The molecule has 0 aromatic heterocycles. The third kappa shape index (κ3) is 3.63. The lowest BCUT2D eigenvalue weighted by molar-refractivity contribution is 0.620. The van der Waals surface area contributed by atoms with Crippen LogP contribution in [0.5, 0.6) is 0 Å². The molecule has 0 heterocycles. The van der Waals surface area contributed by atoms with Crippen LogP contribution in [-0.2, 0) is 0 Å². The quantitative estimate of drug-likeness (QED) is 0.585. The Morgan fingerprint density at radius 1 is 1.75 bits per heavy atom. The van der Waals surface area contributed by atoms with E-state index in [1.54, 1.807) is 0 Å². The van der Waals surface area contributed by atoms with Crippen LogP contribution in [-0.4, -0.2) is 13.1 Å². The van der Waals surface area contributed by atoms with E-state index in [0.717, 1.165) is 13.1 Å². The van der Waals surface area contributed by atoms with Crippen molar-refractivity contribution in [3.05, 3.63) is 0 Å². The van der Waals surface area contributed by atoms with E-state index >= 15 is 0 Å². The Hall–Kier alpha value is -0.550. The molecule has 0 rings (SSSR count). The second-order valence-electron chi connectivity index (χ2n) is 1.84. The molecule has 0 saturated heterocycles. The second-order valence-corrected chi connectivity index (χ2v) is 1.84. The molecule has 0 aromatic carbocycles. The van der Waals surface area contributed by atoms with Gasteiger partial charge in [-0.1, -0.05) is 6.92 Å². The summed E-state index contributed by atoms with van der Waals surface area (Å²) >= 11 is 0. The number of rotatable bonds is 3. The Balaban J connectivity index is 3.02. The highest BCUT2D eigenvalue weighted by molar-refractivity contribution is 4.79. The van der Waals surface area contributed by atoms with Crippen molar-refractivity contribution in [3.8, 4) is 6.07 Å². The Morgan fingerprint density at radius 3 is 2.75 bits per heavy atom. The van der Waals surface area contributed by atoms with E-state index in [4.69, 9.17) is 5.26 Å². The molecule has 1 atom stereocenters. The third-order valence-corrected chi connectivity index (χ3v) is 0.921. The van der Waals surface area contributed by atoms with Crippen molar-refractivity contribution >= 4 is 0 Å². The molecule has 1 N–H and O–H groups in total. The van der Waals surface area contributed by atoms with E-state index in [0.29, 0.717) is 0 Å². The largest absolute Gasteiger partial charge is 0.316 e. The highest BCUT2D eigenvalue weighted by atomic mass is 14.8. The van der Waals surface area contributed by atoms with E-state index in [9.17, 15) is 0 Å². The van der Waals surface area contributed by atoms with Gasteiger partial charge < -0.3 is 5.32 Å². The van der Waals surface area contributed by atoms with Gasteiger partial charge in [0.2, 0.25) is 0 Å². The summed E-state index contributed by atoms with van der Waals surface area (Å²) in [5, 5.41) is 11.3. The van der Waals surface area contributed by atoms with Gasteiger partial charge >= 0.3 is 0 Å². The van der Waals surface area contributed by atoms with Gasteiger partial charge in [-0.25, -0.2) is 0 Å². The van der Waals surface area contributed by atoms with E-state index in [2.05, 4.69) is 11.4 Å². The first-order chi connectivity index (χ1) is 3.81. The molecule has 46 valence electrons. The van der Waals surface area contributed by atoms with Crippen molar-refractivity contribution in [1.29, 1.82) is 5.26 Å². The molecule has 0 unspecified atom stereocenters. The molecule has 0 aromatic rings. The van der Waals surface area contributed by atoms with Gasteiger partial charge in [-0.15, -0.1) is 0 Å². The van der Waals surface area contributed by atoms with Crippen LogP contribution in [0.1, 0.15) is 13.8 Å². The first-order valence-electron chi connectivity index (χ1n) is 2.91. The molecule has 0 aliphatic rings. The minimum atomic E-state index is 0.148. The van der Waals surface area contributed by atoms with Gasteiger partial charge in [0.1, 0.15) is 0 Å². The summed E-state index contributed by atoms with van der Waals surface area (Å²) in [5.74, 6) is 0.148. The lowest BCUT2D eigenvalue weighted by atomic mass is 10.2. The Kier molecular flexibility index (Phi) is 4.29. The van der Waals surface area contributed by atoms with Gasteiger partial charge in [0.25, 0.3) is 0 Å². The van der Waals surface area contributed by atoms with Crippen LogP contribution < -0.4 is 5.32 Å². The number of hydrogen-bond acceptors (Lipinski definition) is 2. The lowest BCUT2D eigenvalue weighted by Crippen LogP contribution is -2.19. The predicted molar refractivity (Wildman–Crippen MR) is 33.3 cm³/mol. The Labute approximate surface area is 50.5 Å². The topological polar surface area (TPSA) is 35.8 Å². The highest BCUT2D eigenvalue weighted by Crippen LogP contribution is 1.85. The van der Waals surface area contributed by atoms with Crippen molar-refractivity contribution in [2.24, 2.45) is 5.92 Å².